The standard InChI is InChI=1S/C16H17FN2O3/c1-2-7-19(8-9-20)16(21)18-14-11-12(5-6-13(14)17)15-4-3-10-22-15/h2-6,10-11,20H,1,7-9H2,(H,18,21). The summed E-state index contributed by atoms with van der Waals surface area (Å²) in [5.74, 6) is 0.0278. The molecular formula is C16H17FN2O3. The van der Waals surface area contributed by atoms with Crippen LogP contribution in [0.15, 0.2) is 53.7 Å². The monoisotopic (exact) mass is 304 g/mol. The van der Waals surface area contributed by atoms with E-state index in [9.17, 15) is 9.18 Å². The van der Waals surface area contributed by atoms with E-state index in [1.807, 2.05) is 0 Å². The number of carbonyl (C=O) groups excluding carboxylic acids is 1. The molecule has 0 saturated heterocycles. The first-order valence-electron chi connectivity index (χ1n) is 6.77. The molecule has 0 aliphatic heterocycles. The van der Waals surface area contributed by atoms with E-state index in [0.29, 0.717) is 11.3 Å². The second kappa shape index (κ2) is 7.42. The number of rotatable bonds is 6. The summed E-state index contributed by atoms with van der Waals surface area (Å²) in [6.45, 7) is 3.76. The van der Waals surface area contributed by atoms with Crippen LogP contribution in [-0.4, -0.2) is 35.7 Å². The Morgan fingerprint density at radius 3 is 2.91 bits per heavy atom. The number of urea groups is 1. The molecule has 0 radical (unpaired) electrons. The summed E-state index contributed by atoms with van der Waals surface area (Å²) in [5.41, 5.74) is 0.699. The molecule has 2 amide bonds. The third-order valence-corrected chi connectivity index (χ3v) is 3.02. The van der Waals surface area contributed by atoms with Crippen LogP contribution >= 0.6 is 0 Å². The minimum absolute atomic E-state index is 0.0471. The molecule has 0 saturated carbocycles. The van der Waals surface area contributed by atoms with Crippen molar-refractivity contribution >= 4 is 11.7 Å². The van der Waals surface area contributed by atoms with Gasteiger partial charge >= 0.3 is 6.03 Å². The van der Waals surface area contributed by atoms with Crippen LogP contribution in [0.1, 0.15) is 0 Å². The van der Waals surface area contributed by atoms with Gasteiger partial charge in [0.05, 0.1) is 18.6 Å². The van der Waals surface area contributed by atoms with Gasteiger partial charge in [-0.05, 0) is 30.3 Å². The SMILES string of the molecule is C=CCN(CCO)C(=O)Nc1cc(-c2ccco2)ccc1F. The number of anilines is 1. The van der Waals surface area contributed by atoms with Crippen molar-refractivity contribution in [3.05, 3.63) is 55.1 Å². The van der Waals surface area contributed by atoms with Crippen LogP contribution in [-0.2, 0) is 0 Å². The average Bonchev–Trinajstić information content (AvgIpc) is 3.03. The third kappa shape index (κ3) is 3.73. The molecule has 0 aliphatic rings. The molecule has 1 heterocycles. The van der Waals surface area contributed by atoms with Crippen molar-refractivity contribution in [2.24, 2.45) is 0 Å². The van der Waals surface area contributed by atoms with E-state index in [2.05, 4.69) is 11.9 Å². The normalized spacial score (nSPS) is 10.3. The quantitative estimate of drug-likeness (QED) is 0.806. The first kappa shape index (κ1) is 15.8. The van der Waals surface area contributed by atoms with E-state index in [4.69, 9.17) is 9.52 Å². The zero-order valence-electron chi connectivity index (χ0n) is 12.0. The number of hydrogen-bond donors (Lipinski definition) is 2. The summed E-state index contributed by atoms with van der Waals surface area (Å²) in [4.78, 5) is 13.4. The highest BCUT2D eigenvalue weighted by atomic mass is 19.1. The fourth-order valence-corrected chi connectivity index (χ4v) is 1.96. The van der Waals surface area contributed by atoms with Crippen LogP contribution in [0.2, 0.25) is 0 Å². The van der Waals surface area contributed by atoms with E-state index in [-0.39, 0.29) is 25.4 Å². The van der Waals surface area contributed by atoms with Gasteiger partial charge in [0, 0.05) is 18.7 Å². The maximum absolute atomic E-state index is 13.9. The predicted octanol–water partition coefficient (Wildman–Crippen LogP) is 3.10. The van der Waals surface area contributed by atoms with Gasteiger partial charge in [-0.25, -0.2) is 9.18 Å². The summed E-state index contributed by atoms with van der Waals surface area (Å²) in [6.07, 6.45) is 3.05. The van der Waals surface area contributed by atoms with Gasteiger partial charge < -0.3 is 19.7 Å². The molecule has 0 atom stereocenters. The average molecular weight is 304 g/mol. The molecule has 22 heavy (non-hydrogen) atoms. The molecule has 2 N–H and O–H groups in total. The Balaban J connectivity index is 2.19. The van der Waals surface area contributed by atoms with Crippen molar-refractivity contribution in [3.8, 4) is 11.3 Å². The van der Waals surface area contributed by atoms with E-state index >= 15 is 0 Å². The smallest absolute Gasteiger partial charge is 0.322 e. The van der Waals surface area contributed by atoms with Crippen LogP contribution in [0.4, 0.5) is 14.9 Å². The van der Waals surface area contributed by atoms with E-state index < -0.39 is 11.8 Å². The lowest BCUT2D eigenvalue weighted by Crippen LogP contribution is -2.37. The lowest BCUT2D eigenvalue weighted by Gasteiger charge is -2.20. The Morgan fingerprint density at radius 1 is 1.45 bits per heavy atom. The Labute approximate surface area is 127 Å². The maximum atomic E-state index is 13.9. The largest absolute Gasteiger partial charge is 0.464 e. The fraction of sp³-hybridized carbons (Fsp3) is 0.188. The van der Waals surface area contributed by atoms with Gasteiger partial charge in [0.25, 0.3) is 0 Å². The Bertz CT molecular complexity index is 641. The molecule has 116 valence electrons. The lowest BCUT2D eigenvalue weighted by molar-refractivity contribution is 0.195. The lowest BCUT2D eigenvalue weighted by atomic mass is 10.1. The molecule has 2 aromatic rings. The second-order valence-corrected chi connectivity index (χ2v) is 4.56. The van der Waals surface area contributed by atoms with Gasteiger partial charge in [0.15, 0.2) is 0 Å². The van der Waals surface area contributed by atoms with Crippen LogP contribution in [0.5, 0.6) is 0 Å². The van der Waals surface area contributed by atoms with Gasteiger partial charge in [-0.15, -0.1) is 6.58 Å². The van der Waals surface area contributed by atoms with Crippen molar-refractivity contribution in [1.29, 1.82) is 0 Å². The van der Waals surface area contributed by atoms with Crippen LogP contribution in [0, 0.1) is 5.82 Å². The molecule has 1 aromatic carbocycles. The molecule has 6 heteroatoms. The zero-order valence-corrected chi connectivity index (χ0v) is 12.0. The number of halogens is 1. The number of aliphatic hydroxyl groups excluding tert-OH is 1. The summed E-state index contributed by atoms with van der Waals surface area (Å²) in [6, 6.07) is 7.29. The number of benzene rings is 1. The molecule has 0 aliphatic carbocycles. The molecule has 0 spiro atoms. The Hall–Kier alpha value is -2.60. The van der Waals surface area contributed by atoms with Gasteiger partial charge in [-0.1, -0.05) is 6.08 Å². The van der Waals surface area contributed by atoms with Gasteiger partial charge in [-0.2, -0.15) is 0 Å². The van der Waals surface area contributed by atoms with Gasteiger partial charge in [0.1, 0.15) is 11.6 Å². The van der Waals surface area contributed by atoms with Crippen molar-refractivity contribution in [2.45, 2.75) is 0 Å². The van der Waals surface area contributed by atoms with Gasteiger partial charge in [0.2, 0.25) is 0 Å². The molecule has 2 rings (SSSR count). The Morgan fingerprint density at radius 2 is 2.27 bits per heavy atom. The number of aliphatic hydroxyl groups is 1. The highest BCUT2D eigenvalue weighted by Crippen LogP contribution is 2.25. The number of nitrogens with zero attached hydrogens (tertiary/aromatic N) is 1. The fourth-order valence-electron chi connectivity index (χ4n) is 1.96. The van der Waals surface area contributed by atoms with E-state index in [1.54, 1.807) is 18.2 Å². The van der Waals surface area contributed by atoms with Crippen molar-refractivity contribution in [2.75, 3.05) is 25.0 Å². The maximum Gasteiger partial charge on any atom is 0.322 e. The molecule has 5 nitrogen and oxygen atoms in total. The molecule has 0 bridgehead atoms. The van der Waals surface area contributed by atoms with Crippen molar-refractivity contribution in [1.82, 2.24) is 4.90 Å². The summed E-state index contributed by atoms with van der Waals surface area (Å²) in [7, 11) is 0. The van der Waals surface area contributed by atoms with Crippen LogP contribution < -0.4 is 5.32 Å². The van der Waals surface area contributed by atoms with Crippen LogP contribution in [0.3, 0.4) is 0 Å². The minimum Gasteiger partial charge on any atom is -0.464 e. The predicted molar refractivity (Wildman–Crippen MR) is 82.0 cm³/mol. The number of nitrogens with one attached hydrogen (secondary N) is 1. The molecule has 0 unspecified atom stereocenters. The number of amides is 2. The third-order valence-electron chi connectivity index (χ3n) is 3.02. The highest BCUT2D eigenvalue weighted by molar-refractivity contribution is 5.90. The zero-order chi connectivity index (χ0) is 15.9. The van der Waals surface area contributed by atoms with Gasteiger partial charge in [-0.3, -0.25) is 0 Å². The second-order valence-electron chi connectivity index (χ2n) is 4.56. The highest BCUT2D eigenvalue weighted by Gasteiger charge is 2.14. The van der Waals surface area contributed by atoms with Crippen LogP contribution in [0.25, 0.3) is 11.3 Å². The summed E-state index contributed by atoms with van der Waals surface area (Å²) >= 11 is 0. The minimum atomic E-state index is -0.550. The molecule has 1 aromatic heterocycles. The molecular weight excluding hydrogens is 287 g/mol. The van der Waals surface area contributed by atoms with Crippen molar-refractivity contribution in [3.63, 3.8) is 0 Å². The molecule has 0 fully saturated rings. The van der Waals surface area contributed by atoms with E-state index in [1.165, 1.54) is 29.4 Å². The number of hydrogen-bond acceptors (Lipinski definition) is 3. The topological polar surface area (TPSA) is 65.7 Å². The van der Waals surface area contributed by atoms with E-state index in [0.717, 1.165) is 0 Å². The Kier molecular flexibility index (Phi) is 5.32. The first-order valence-corrected chi connectivity index (χ1v) is 6.77. The summed E-state index contributed by atoms with van der Waals surface area (Å²) in [5, 5.41) is 11.5. The first-order chi connectivity index (χ1) is 10.7. The number of furan rings is 1. The van der Waals surface area contributed by atoms with Crippen molar-refractivity contribution < 1.29 is 18.7 Å². The number of carbonyl (C=O) groups is 1. The summed E-state index contributed by atoms with van der Waals surface area (Å²) < 4.78 is 19.1.